The summed E-state index contributed by atoms with van der Waals surface area (Å²) in [5.41, 5.74) is 4.81. The molecule has 2 aromatic heterocycles. The van der Waals surface area contributed by atoms with E-state index in [1.54, 1.807) is 12.1 Å². The molecule has 0 aliphatic heterocycles. The van der Waals surface area contributed by atoms with E-state index in [0.29, 0.717) is 30.8 Å². The first-order valence-electron chi connectivity index (χ1n) is 8.53. The van der Waals surface area contributed by atoms with Crippen molar-refractivity contribution in [3.05, 3.63) is 84.2 Å². The van der Waals surface area contributed by atoms with Crippen LogP contribution >= 0.6 is 46.1 Å². The Labute approximate surface area is 181 Å². The number of hydrogen-bond donors (Lipinski definition) is 0. The van der Waals surface area contributed by atoms with Crippen LogP contribution in [-0.4, -0.2) is 9.55 Å². The Morgan fingerprint density at radius 3 is 2.43 bits per heavy atom. The maximum Gasteiger partial charge on any atom is 0.263 e. The molecule has 0 saturated carbocycles. The van der Waals surface area contributed by atoms with E-state index < -0.39 is 0 Å². The molecule has 0 spiro atoms. The molecule has 0 aliphatic rings. The molecule has 0 N–H and O–H groups in total. The molecule has 0 amide bonds. The number of halogens is 3. The third kappa shape index (κ3) is 3.46. The SMILES string of the molecule is Cc1ccc(-c2csc3ncn(Cc4c(Cl)cc(Cl)cc4Cl)c(=O)c23)cc1C. The van der Waals surface area contributed by atoms with Crippen LogP contribution in [0.5, 0.6) is 0 Å². The van der Waals surface area contributed by atoms with Gasteiger partial charge in [-0.3, -0.25) is 9.36 Å². The van der Waals surface area contributed by atoms with E-state index in [2.05, 4.69) is 31.0 Å². The molecule has 3 nitrogen and oxygen atoms in total. The van der Waals surface area contributed by atoms with Crippen LogP contribution in [-0.2, 0) is 6.54 Å². The van der Waals surface area contributed by atoms with E-state index in [4.69, 9.17) is 34.8 Å². The highest BCUT2D eigenvalue weighted by Gasteiger charge is 2.16. The number of fused-ring (bicyclic) bond motifs is 1. The van der Waals surface area contributed by atoms with Crippen molar-refractivity contribution in [2.75, 3.05) is 0 Å². The van der Waals surface area contributed by atoms with Crippen molar-refractivity contribution in [3.63, 3.8) is 0 Å². The third-order valence-corrected chi connectivity index (χ3v) is 6.59. The number of nitrogens with zero attached hydrogens (tertiary/aromatic N) is 2. The van der Waals surface area contributed by atoms with Crippen LogP contribution in [0.25, 0.3) is 21.3 Å². The van der Waals surface area contributed by atoms with E-state index in [0.717, 1.165) is 11.1 Å². The maximum atomic E-state index is 13.2. The van der Waals surface area contributed by atoms with Gasteiger partial charge < -0.3 is 0 Å². The summed E-state index contributed by atoms with van der Waals surface area (Å²) < 4.78 is 1.53. The first-order chi connectivity index (χ1) is 13.3. The van der Waals surface area contributed by atoms with Gasteiger partial charge in [-0.1, -0.05) is 53.0 Å². The second-order valence-corrected chi connectivity index (χ2v) is 8.76. The summed E-state index contributed by atoms with van der Waals surface area (Å²) in [7, 11) is 0. The summed E-state index contributed by atoms with van der Waals surface area (Å²) >= 11 is 20.0. The fourth-order valence-corrected chi connectivity index (χ4v) is 4.94. The van der Waals surface area contributed by atoms with E-state index in [1.807, 2.05) is 11.4 Å². The number of hydrogen-bond acceptors (Lipinski definition) is 3. The molecule has 0 fully saturated rings. The Morgan fingerprint density at radius 1 is 1.04 bits per heavy atom. The van der Waals surface area contributed by atoms with Gasteiger partial charge in [0.15, 0.2) is 0 Å². The Morgan fingerprint density at radius 2 is 1.75 bits per heavy atom. The summed E-state index contributed by atoms with van der Waals surface area (Å²) in [5, 5.41) is 3.88. The Balaban J connectivity index is 1.85. The standard InChI is InChI=1S/C21H15Cl3N2OS/c1-11-3-4-13(5-12(11)2)16-9-28-20-19(16)21(27)26(10-25-20)8-15-17(23)6-14(22)7-18(15)24/h3-7,9-10H,8H2,1-2H3. The van der Waals surface area contributed by atoms with Crippen molar-refractivity contribution in [3.8, 4) is 11.1 Å². The first-order valence-corrected chi connectivity index (χ1v) is 10.5. The minimum Gasteiger partial charge on any atom is -0.294 e. The topological polar surface area (TPSA) is 34.9 Å². The average molecular weight is 450 g/mol. The predicted molar refractivity (Wildman–Crippen MR) is 119 cm³/mol. The average Bonchev–Trinajstić information content (AvgIpc) is 3.07. The Hall–Kier alpha value is -1.85. The smallest absolute Gasteiger partial charge is 0.263 e. The first kappa shape index (κ1) is 19.5. The van der Waals surface area contributed by atoms with Gasteiger partial charge in [0.25, 0.3) is 5.56 Å². The highest BCUT2D eigenvalue weighted by Crippen LogP contribution is 2.33. The van der Waals surface area contributed by atoms with Crippen LogP contribution in [0.15, 0.2) is 46.8 Å². The predicted octanol–water partition coefficient (Wildman–Crippen LogP) is 6.75. The van der Waals surface area contributed by atoms with Gasteiger partial charge in [0.2, 0.25) is 0 Å². The largest absolute Gasteiger partial charge is 0.294 e. The zero-order valence-corrected chi connectivity index (χ0v) is 18.2. The molecule has 2 heterocycles. The number of benzene rings is 2. The van der Waals surface area contributed by atoms with Gasteiger partial charge in [0, 0.05) is 31.6 Å². The molecule has 0 aliphatic carbocycles. The second kappa shape index (κ2) is 7.53. The lowest BCUT2D eigenvalue weighted by molar-refractivity contribution is 0.750. The van der Waals surface area contributed by atoms with E-state index in [-0.39, 0.29) is 12.1 Å². The molecule has 0 bridgehead atoms. The summed E-state index contributed by atoms with van der Waals surface area (Å²) in [6.45, 7) is 4.35. The van der Waals surface area contributed by atoms with Gasteiger partial charge >= 0.3 is 0 Å². The normalized spacial score (nSPS) is 11.3. The molecular weight excluding hydrogens is 435 g/mol. The van der Waals surface area contributed by atoms with Gasteiger partial charge in [0.1, 0.15) is 4.83 Å². The lowest BCUT2D eigenvalue weighted by Gasteiger charge is -2.10. The van der Waals surface area contributed by atoms with Crippen molar-refractivity contribution in [2.24, 2.45) is 0 Å². The number of rotatable bonds is 3. The van der Waals surface area contributed by atoms with Crippen LogP contribution in [0, 0.1) is 13.8 Å². The lowest BCUT2D eigenvalue weighted by atomic mass is 10.0. The van der Waals surface area contributed by atoms with Gasteiger partial charge in [-0.25, -0.2) is 4.98 Å². The maximum absolute atomic E-state index is 13.2. The van der Waals surface area contributed by atoms with Crippen molar-refractivity contribution < 1.29 is 0 Å². The van der Waals surface area contributed by atoms with Crippen LogP contribution in [0.3, 0.4) is 0 Å². The van der Waals surface area contributed by atoms with Crippen molar-refractivity contribution in [2.45, 2.75) is 20.4 Å². The fraction of sp³-hybridized carbons (Fsp3) is 0.143. The number of aromatic nitrogens is 2. The minimum absolute atomic E-state index is 0.124. The molecule has 0 unspecified atom stereocenters. The zero-order valence-electron chi connectivity index (χ0n) is 15.1. The van der Waals surface area contributed by atoms with Crippen LogP contribution in [0.4, 0.5) is 0 Å². The van der Waals surface area contributed by atoms with Gasteiger partial charge in [-0.15, -0.1) is 11.3 Å². The Bertz CT molecular complexity index is 1250. The van der Waals surface area contributed by atoms with Gasteiger partial charge in [-0.2, -0.15) is 0 Å². The summed E-state index contributed by atoms with van der Waals surface area (Å²) in [6, 6.07) is 9.43. The molecule has 4 rings (SSSR count). The molecule has 0 atom stereocenters. The van der Waals surface area contributed by atoms with Crippen LogP contribution in [0.1, 0.15) is 16.7 Å². The summed E-state index contributed by atoms with van der Waals surface area (Å²) in [4.78, 5) is 18.4. The second-order valence-electron chi connectivity index (χ2n) is 6.65. The number of aryl methyl sites for hydroxylation is 2. The molecule has 4 aromatic rings. The summed E-state index contributed by atoms with van der Waals surface area (Å²) in [5.74, 6) is 0. The Kier molecular flexibility index (Phi) is 5.23. The molecule has 0 radical (unpaired) electrons. The monoisotopic (exact) mass is 448 g/mol. The zero-order chi connectivity index (χ0) is 20.0. The van der Waals surface area contributed by atoms with Crippen molar-refractivity contribution >= 4 is 56.4 Å². The molecule has 7 heteroatoms. The van der Waals surface area contributed by atoms with E-state index in [9.17, 15) is 4.79 Å². The minimum atomic E-state index is -0.124. The molecule has 2 aromatic carbocycles. The molecule has 142 valence electrons. The lowest BCUT2D eigenvalue weighted by Crippen LogP contribution is -2.21. The van der Waals surface area contributed by atoms with Crippen LogP contribution < -0.4 is 5.56 Å². The van der Waals surface area contributed by atoms with Crippen molar-refractivity contribution in [1.29, 1.82) is 0 Å². The fourth-order valence-electron chi connectivity index (χ4n) is 3.10. The highest BCUT2D eigenvalue weighted by molar-refractivity contribution is 7.17. The summed E-state index contributed by atoms with van der Waals surface area (Å²) in [6.07, 6.45) is 1.53. The number of thiophene rings is 1. The highest BCUT2D eigenvalue weighted by atomic mass is 35.5. The molecular formula is C21H15Cl3N2OS. The quantitative estimate of drug-likeness (QED) is 0.347. The van der Waals surface area contributed by atoms with Gasteiger partial charge in [-0.05, 0) is 42.7 Å². The van der Waals surface area contributed by atoms with Crippen LogP contribution in [0.2, 0.25) is 15.1 Å². The van der Waals surface area contributed by atoms with Crippen molar-refractivity contribution in [1.82, 2.24) is 9.55 Å². The van der Waals surface area contributed by atoms with E-state index in [1.165, 1.54) is 33.4 Å². The third-order valence-electron chi connectivity index (χ3n) is 4.81. The molecule has 0 saturated heterocycles. The van der Waals surface area contributed by atoms with Gasteiger partial charge in [0.05, 0.1) is 18.3 Å². The molecule has 28 heavy (non-hydrogen) atoms. The van der Waals surface area contributed by atoms with E-state index >= 15 is 0 Å².